The molecule has 0 bridgehead atoms. The fourth-order valence-corrected chi connectivity index (χ4v) is 4.30. The third kappa shape index (κ3) is 5.29. The molecule has 30 heavy (non-hydrogen) atoms. The molecule has 2 atom stereocenters. The molecule has 2 aromatic rings. The van der Waals surface area contributed by atoms with Gasteiger partial charge in [0.1, 0.15) is 0 Å². The minimum atomic E-state index is -0.449. The molecule has 0 saturated heterocycles. The lowest BCUT2D eigenvalue weighted by atomic mass is 9.86. The van der Waals surface area contributed by atoms with Crippen molar-refractivity contribution in [1.29, 1.82) is 0 Å². The lowest BCUT2D eigenvalue weighted by molar-refractivity contribution is -0.153. The second-order valence-corrected chi connectivity index (χ2v) is 8.13. The number of carbonyl (C=O) groups excluding carboxylic acids is 1. The summed E-state index contributed by atoms with van der Waals surface area (Å²) < 4.78 is 12.0. The summed E-state index contributed by atoms with van der Waals surface area (Å²) in [5.41, 5.74) is 2.63. The van der Waals surface area contributed by atoms with Crippen molar-refractivity contribution in [1.82, 2.24) is 0 Å². The zero-order valence-electron chi connectivity index (χ0n) is 17.1. The first-order valence-corrected chi connectivity index (χ1v) is 10.8. The van der Waals surface area contributed by atoms with Crippen molar-refractivity contribution in [3.8, 4) is 0 Å². The average Bonchev–Trinajstić information content (AvgIpc) is 3.34. The SMILES string of the molecule is O=C(Nc1ccccc1)C1=C[C@@H](C2CCCC2)C[C@@H](OCc2ccc(CO)cc2)O1. The van der Waals surface area contributed by atoms with E-state index in [-0.39, 0.29) is 12.5 Å². The molecule has 2 N–H and O–H groups in total. The molecular weight excluding hydrogens is 378 g/mol. The highest BCUT2D eigenvalue weighted by Gasteiger charge is 2.33. The lowest BCUT2D eigenvalue weighted by Crippen LogP contribution is -2.32. The number of hydrogen-bond acceptors (Lipinski definition) is 4. The first kappa shape index (κ1) is 20.6. The molecule has 1 heterocycles. The van der Waals surface area contributed by atoms with Gasteiger partial charge in [0.2, 0.25) is 6.29 Å². The van der Waals surface area contributed by atoms with Gasteiger partial charge in [-0.3, -0.25) is 4.79 Å². The summed E-state index contributed by atoms with van der Waals surface area (Å²) >= 11 is 0. The number of nitrogens with one attached hydrogen (secondary N) is 1. The van der Waals surface area contributed by atoms with E-state index in [2.05, 4.69) is 5.32 Å². The number of benzene rings is 2. The minimum absolute atomic E-state index is 0.0284. The van der Waals surface area contributed by atoms with Gasteiger partial charge in [0, 0.05) is 12.1 Å². The van der Waals surface area contributed by atoms with Gasteiger partial charge in [-0.2, -0.15) is 0 Å². The van der Waals surface area contributed by atoms with E-state index in [1.807, 2.05) is 60.7 Å². The topological polar surface area (TPSA) is 67.8 Å². The summed E-state index contributed by atoms with van der Waals surface area (Å²) in [4.78, 5) is 12.8. The molecule has 2 aliphatic rings. The maximum atomic E-state index is 12.8. The molecule has 1 aliphatic carbocycles. The van der Waals surface area contributed by atoms with Crippen LogP contribution in [0, 0.1) is 11.8 Å². The van der Waals surface area contributed by atoms with Gasteiger partial charge in [0.15, 0.2) is 5.76 Å². The van der Waals surface area contributed by atoms with Crippen molar-refractivity contribution in [2.24, 2.45) is 11.8 Å². The molecule has 0 aromatic heterocycles. The molecule has 1 fully saturated rings. The van der Waals surface area contributed by atoms with Crippen LogP contribution < -0.4 is 5.32 Å². The Morgan fingerprint density at radius 2 is 1.73 bits per heavy atom. The van der Waals surface area contributed by atoms with E-state index in [1.54, 1.807) is 0 Å². The largest absolute Gasteiger partial charge is 0.459 e. The van der Waals surface area contributed by atoms with Crippen LogP contribution in [0.25, 0.3) is 0 Å². The van der Waals surface area contributed by atoms with E-state index in [9.17, 15) is 9.90 Å². The molecule has 5 heteroatoms. The third-order valence-electron chi connectivity index (χ3n) is 5.99. The number of para-hydroxylation sites is 1. The summed E-state index contributed by atoms with van der Waals surface area (Å²) in [5.74, 6) is 0.996. The van der Waals surface area contributed by atoms with Crippen LogP contribution >= 0.6 is 0 Å². The monoisotopic (exact) mass is 407 g/mol. The van der Waals surface area contributed by atoms with Crippen molar-refractivity contribution in [2.75, 3.05) is 5.32 Å². The Morgan fingerprint density at radius 1 is 1.03 bits per heavy atom. The summed E-state index contributed by atoms with van der Waals surface area (Å²) in [6.45, 7) is 0.433. The summed E-state index contributed by atoms with van der Waals surface area (Å²) in [6, 6.07) is 17.1. The number of anilines is 1. The molecule has 1 saturated carbocycles. The van der Waals surface area contributed by atoms with Crippen LogP contribution in [0.2, 0.25) is 0 Å². The van der Waals surface area contributed by atoms with E-state index >= 15 is 0 Å². The van der Waals surface area contributed by atoms with Crippen LogP contribution in [0.4, 0.5) is 5.69 Å². The molecule has 4 rings (SSSR count). The highest BCUT2D eigenvalue weighted by atomic mass is 16.7. The maximum absolute atomic E-state index is 12.8. The number of ether oxygens (including phenoxy) is 2. The second kappa shape index (κ2) is 9.92. The van der Waals surface area contributed by atoms with Crippen LogP contribution in [-0.2, 0) is 27.5 Å². The van der Waals surface area contributed by atoms with E-state index in [0.29, 0.717) is 24.2 Å². The van der Waals surface area contributed by atoms with Gasteiger partial charge in [-0.25, -0.2) is 0 Å². The zero-order valence-corrected chi connectivity index (χ0v) is 17.1. The van der Waals surface area contributed by atoms with Crippen molar-refractivity contribution in [3.63, 3.8) is 0 Å². The molecule has 1 aliphatic heterocycles. The Labute approximate surface area is 177 Å². The second-order valence-electron chi connectivity index (χ2n) is 8.13. The van der Waals surface area contributed by atoms with Crippen LogP contribution in [0.5, 0.6) is 0 Å². The van der Waals surface area contributed by atoms with Gasteiger partial charge in [0.25, 0.3) is 5.91 Å². The Hall–Kier alpha value is -2.63. The highest BCUT2D eigenvalue weighted by Crippen LogP contribution is 2.38. The Kier molecular flexibility index (Phi) is 6.82. The summed E-state index contributed by atoms with van der Waals surface area (Å²) in [7, 11) is 0. The van der Waals surface area contributed by atoms with Crippen molar-refractivity contribution < 1.29 is 19.4 Å². The van der Waals surface area contributed by atoms with Gasteiger partial charge in [-0.05, 0) is 54.0 Å². The number of rotatable bonds is 7. The molecule has 158 valence electrons. The quantitative estimate of drug-likeness (QED) is 0.694. The first-order valence-electron chi connectivity index (χ1n) is 10.8. The van der Waals surface area contributed by atoms with E-state index in [1.165, 1.54) is 25.7 Å². The van der Waals surface area contributed by atoms with Crippen molar-refractivity contribution in [3.05, 3.63) is 77.6 Å². The minimum Gasteiger partial charge on any atom is -0.459 e. The smallest absolute Gasteiger partial charge is 0.290 e. The van der Waals surface area contributed by atoms with Gasteiger partial charge >= 0.3 is 0 Å². The van der Waals surface area contributed by atoms with Crippen molar-refractivity contribution in [2.45, 2.75) is 51.6 Å². The fourth-order valence-electron chi connectivity index (χ4n) is 4.30. The summed E-state index contributed by atoms with van der Waals surface area (Å²) in [5, 5.41) is 12.1. The molecule has 0 radical (unpaired) electrons. The molecule has 5 nitrogen and oxygen atoms in total. The number of carbonyl (C=O) groups is 1. The number of hydrogen-bond donors (Lipinski definition) is 2. The van der Waals surface area contributed by atoms with Gasteiger partial charge < -0.3 is 19.9 Å². The number of aliphatic hydroxyl groups excluding tert-OH is 1. The Bertz CT molecular complexity index is 856. The van der Waals surface area contributed by atoms with Gasteiger partial charge in [-0.15, -0.1) is 0 Å². The van der Waals surface area contributed by atoms with Gasteiger partial charge in [-0.1, -0.05) is 55.3 Å². The lowest BCUT2D eigenvalue weighted by Gasteiger charge is -2.32. The summed E-state index contributed by atoms with van der Waals surface area (Å²) in [6.07, 6.45) is 7.23. The van der Waals surface area contributed by atoms with Gasteiger partial charge in [0.05, 0.1) is 13.2 Å². The van der Waals surface area contributed by atoms with Crippen molar-refractivity contribution >= 4 is 11.6 Å². The predicted molar refractivity (Wildman–Crippen MR) is 115 cm³/mol. The maximum Gasteiger partial charge on any atom is 0.290 e. The molecule has 2 aromatic carbocycles. The normalized spacial score (nSPS) is 21.7. The third-order valence-corrected chi connectivity index (χ3v) is 5.99. The molecular formula is C25H29NO4. The van der Waals surface area contributed by atoms with E-state index in [4.69, 9.17) is 9.47 Å². The molecule has 1 amide bonds. The van der Waals surface area contributed by atoms with Crippen LogP contribution in [0.1, 0.15) is 43.2 Å². The Balaban J connectivity index is 1.43. The van der Waals surface area contributed by atoms with Crippen LogP contribution in [-0.4, -0.2) is 17.3 Å². The average molecular weight is 408 g/mol. The fraction of sp³-hybridized carbons (Fsp3) is 0.400. The predicted octanol–water partition coefficient (Wildman–Crippen LogP) is 4.77. The number of amides is 1. The van der Waals surface area contributed by atoms with Crippen LogP contribution in [0.15, 0.2) is 66.4 Å². The zero-order chi connectivity index (χ0) is 20.8. The number of aliphatic hydroxyl groups is 1. The first-order chi connectivity index (χ1) is 14.7. The van der Waals surface area contributed by atoms with E-state index < -0.39 is 6.29 Å². The highest BCUT2D eigenvalue weighted by molar-refractivity contribution is 6.02. The molecule has 0 spiro atoms. The Morgan fingerprint density at radius 3 is 2.43 bits per heavy atom. The number of allylic oxidation sites excluding steroid dienone is 1. The standard InChI is InChI=1S/C25H29NO4/c27-16-18-10-12-19(13-11-18)17-29-24-15-21(20-6-4-5-7-20)14-23(30-24)25(28)26-22-8-2-1-3-9-22/h1-3,8-14,20-21,24,27H,4-7,15-17H2,(H,26,28)/t21-,24+/m1/s1. The van der Waals surface area contributed by atoms with Crippen LogP contribution in [0.3, 0.4) is 0 Å². The molecule has 0 unspecified atom stereocenters. The van der Waals surface area contributed by atoms with E-state index in [0.717, 1.165) is 23.2 Å².